The van der Waals surface area contributed by atoms with Crippen molar-refractivity contribution in [3.8, 4) is 16.9 Å². The molecule has 1 fully saturated rings. The molecule has 1 heterocycles. The van der Waals surface area contributed by atoms with E-state index in [4.69, 9.17) is 9.47 Å². The Morgan fingerprint density at radius 2 is 1.81 bits per heavy atom. The van der Waals surface area contributed by atoms with E-state index in [2.05, 4.69) is 19.1 Å². The van der Waals surface area contributed by atoms with Crippen LogP contribution in [0.2, 0.25) is 0 Å². The van der Waals surface area contributed by atoms with Crippen LogP contribution >= 0.6 is 0 Å². The van der Waals surface area contributed by atoms with E-state index in [-0.39, 0.29) is 17.4 Å². The predicted octanol–water partition coefficient (Wildman–Crippen LogP) is 6.46. The quantitative estimate of drug-likeness (QED) is 0.541. The molecule has 0 amide bonds. The molecule has 144 valence electrons. The first kappa shape index (κ1) is 19.6. The van der Waals surface area contributed by atoms with Gasteiger partial charge in [-0.1, -0.05) is 43.3 Å². The summed E-state index contributed by atoms with van der Waals surface area (Å²) >= 11 is 0. The van der Waals surface area contributed by atoms with Crippen molar-refractivity contribution in [1.29, 1.82) is 0 Å². The summed E-state index contributed by atoms with van der Waals surface area (Å²) in [5, 5.41) is 0. The van der Waals surface area contributed by atoms with Crippen LogP contribution < -0.4 is 4.74 Å². The van der Waals surface area contributed by atoms with Gasteiger partial charge in [-0.3, -0.25) is 0 Å². The van der Waals surface area contributed by atoms with Crippen LogP contribution in [-0.4, -0.2) is 13.2 Å². The maximum atomic E-state index is 14.4. The van der Waals surface area contributed by atoms with Crippen molar-refractivity contribution in [2.45, 2.75) is 39.2 Å². The third-order valence-electron chi connectivity index (χ3n) is 4.90. The summed E-state index contributed by atoms with van der Waals surface area (Å²) in [5.74, 6) is -1.40. The lowest BCUT2D eigenvalue weighted by atomic mass is 9.93. The second-order valence-electron chi connectivity index (χ2n) is 6.79. The highest BCUT2D eigenvalue weighted by molar-refractivity contribution is 5.65. The smallest absolute Gasteiger partial charge is 0.201 e. The molecule has 1 saturated heterocycles. The minimum atomic E-state index is -0.944. The van der Waals surface area contributed by atoms with Gasteiger partial charge in [-0.05, 0) is 49.4 Å². The lowest BCUT2D eigenvalue weighted by Crippen LogP contribution is -2.19. The summed E-state index contributed by atoms with van der Waals surface area (Å²) < 4.78 is 39.6. The Balaban J connectivity index is 1.71. The zero-order chi connectivity index (χ0) is 19.2. The summed E-state index contributed by atoms with van der Waals surface area (Å²) in [5.41, 5.74) is 1.94. The van der Waals surface area contributed by atoms with E-state index < -0.39 is 11.6 Å². The summed E-state index contributed by atoms with van der Waals surface area (Å²) in [6.07, 6.45) is 7.60. The van der Waals surface area contributed by atoms with Crippen LogP contribution in [0.1, 0.15) is 44.8 Å². The van der Waals surface area contributed by atoms with Gasteiger partial charge >= 0.3 is 0 Å². The molecule has 0 spiro atoms. The molecule has 2 atom stereocenters. The fourth-order valence-electron chi connectivity index (χ4n) is 3.41. The van der Waals surface area contributed by atoms with Gasteiger partial charge in [-0.25, -0.2) is 4.39 Å². The zero-order valence-corrected chi connectivity index (χ0v) is 15.9. The Kier molecular flexibility index (Phi) is 6.62. The number of hydrogen-bond donors (Lipinski definition) is 0. The molecule has 0 aromatic heterocycles. The molecule has 2 aromatic rings. The molecule has 0 N–H and O–H groups in total. The van der Waals surface area contributed by atoms with Crippen LogP contribution in [0.4, 0.5) is 8.78 Å². The predicted molar refractivity (Wildman–Crippen MR) is 104 cm³/mol. The Labute approximate surface area is 159 Å². The molecule has 27 heavy (non-hydrogen) atoms. The number of hydrogen-bond acceptors (Lipinski definition) is 2. The van der Waals surface area contributed by atoms with E-state index in [0.29, 0.717) is 18.1 Å². The monoisotopic (exact) mass is 372 g/mol. The van der Waals surface area contributed by atoms with Crippen molar-refractivity contribution in [1.82, 2.24) is 0 Å². The highest BCUT2D eigenvalue weighted by Gasteiger charge is 2.22. The second-order valence-corrected chi connectivity index (χ2v) is 6.79. The van der Waals surface area contributed by atoms with Crippen molar-refractivity contribution in [2.24, 2.45) is 5.92 Å². The first-order valence-corrected chi connectivity index (χ1v) is 9.63. The van der Waals surface area contributed by atoms with Gasteiger partial charge in [-0.2, -0.15) is 4.39 Å². The van der Waals surface area contributed by atoms with Crippen LogP contribution in [-0.2, 0) is 4.74 Å². The molecule has 1 unspecified atom stereocenters. The SMILES string of the molecule is CC/C=C/C1CC[C@@H](c2ccc(-c3ccc(OCC)c(F)c3F)cc2)OC1. The van der Waals surface area contributed by atoms with Gasteiger partial charge in [0.25, 0.3) is 0 Å². The number of halogens is 2. The lowest BCUT2D eigenvalue weighted by Gasteiger charge is -2.28. The third-order valence-corrected chi connectivity index (χ3v) is 4.90. The van der Waals surface area contributed by atoms with E-state index in [0.717, 1.165) is 31.4 Å². The van der Waals surface area contributed by atoms with Crippen LogP contribution in [0.15, 0.2) is 48.6 Å². The average Bonchev–Trinajstić information content (AvgIpc) is 2.71. The Morgan fingerprint density at radius 3 is 2.44 bits per heavy atom. The molecule has 2 aromatic carbocycles. The van der Waals surface area contributed by atoms with Gasteiger partial charge in [0.05, 0.1) is 19.3 Å². The van der Waals surface area contributed by atoms with E-state index >= 15 is 0 Å². The third kappa shape index (κ3) is 4.56. The van der Waals surface area contributed by atoms with Gasteiger partial charge < -0.3 is 9.47 Å². The van der Waals surface area contributed by atoms with E-state index in [1.807, 2.05) is 24.3 Å². The average molecular weight is 372 g/mol. The topological polar surface area (TPSA) is 18.5 Å². The Hall–Kier alpha value is -2.20. The Bertz CT molecular complexity index is 776. The van der Waals surface area contributed by atoms with Gasteiger partial charge in [0.1, 0.15) is 0 Å². The van der Waals surface area contributed by atoms with Crippen molar-refractivity contribution >= 4 is 0 Å². The molecular weight excluding hydrogens is 346 g/mol. The minimum absolute atomic E-state index is 0.0577. The minimum Gasteiger partial charge on any atom is -0.491 e. The molecule has 3 rings (SSSR count). The molecule has 2 nitrogen and oxygen atoms in total. The van der Waals surface area contributed by atoms with Crippen molar-refractivity contribution < 1.29 is 18.3 Å². The molecule has 0 saturated carbocycles. The first-order chi connectivity index (χ1) is 13.1. The van der Waals surface area contributed by atoms with Crippen molar-refractivity contribution in [2.75, 3.05) is 13.2 Å². The van der Waals surface area contributed by atoms with Gasteiger partial charge in [-0.15, -0.1) is 0 Å². The van der Waals surface area contributed by atoms with Gasteiger partial charge in [0.15, 0.2) is 11.6 Å². The summed E-state index contributed by atoms with van der Waals surface area (Å²) in [6.45, 7) is 4.88. The fourth-order valence-corrected chi connectivity index (χ4v) is 3.41. The normalized spacial score (nSPS) is 20.1. The maximum absolute atomic E-state index is 14.4. The standard InChI is InChI=1S/C23H26F2O2/c1-3-5-6-16-7-13-20(27-15-16)18-10-8-17(9-11-18)19-12-14-21(26-4-2)23(25)22(19)24/h5-6,8-12,14,16,20H,3-4,7,13,15H2,1-2H3/b6-5+/t16?,20-/m0/s1. The summed E-state index contributed by atoms with van der Waals surface area (Å²) in [7, 11) is 0. The second kappa shape index (κ2) is 9.14. The van der Waals surface area contributed by atoms with Crippen LogP contribution in [0.3, 0.4) is 0 Å². The van der Waals surface area contributed by atoms with Gasteiger partial charge in [0, 0.05) is 11.5 Å². The highest BCUT2D eigenvalue weighted by Crippen LogP contribution is 2.34. The summed E-state index contributed by atoms with van der Waals surface area (Å²) in [4.78, 5) is 0. The summed E-state index contributed by atoms with van der Waals surface area (Å²) in [6, 6.07) is 10.5. The molecule has 0 radical (unpaired) electrons. The highest BCUT2D eigenvalue weighted by atomic mass is 19.2. The van der Waals surface area contributed by atoms with Gasteiger partial charge in [0.2, 0.25) is 5.82 Å². The van der Waals surface area contributed by atoms with Crippen LogP contribution in [0.25, 0.3) is 11.1 Å². The van der Waals surface area contributed by atoms with E-state index in [9.17, 15) is 8.78 Å². The number of ether oxygens (including phenoxy) is 2. The number of allylic oxidation sites excluding steroid dienone is 1. The molecule has 1 aliphatic rings. The Morgan fingerprint density at radius 1 is 1.04 bits per heavy atom. The molecular formula is C23H26F2O2. The first-order valence-electron chi connectivity index (χ1n) is 9.63. The van der Waals surface area contributed by atoms with Crippen LogP contribution in [0, 0.1) is 17.6 Å². The molecule has 4 heteroatoms. The zero-order valence-electron chi connectivity index (χ0n) is 15.9. The van der Waals surface area contributed by atoms with E-state index in [1.165, 1.54) is 6.07 Å². The maximum Gasteiger partial charge on any atom is 0.201 e. The van der Waals surface area contributed by atoms with Crippen molar-refractivity contribution in [3.05, 3.63) is 65.7 Å². The molecule has 0 bridgehead atoms. The lowest BCUT2D eigenvalue weighted by molar-refractivity contribution is -0.00526. The molecule has 1 aliphatic heterocycles. The number of benzene rings is 2. The van der Waals surface area contributed by atoms with Crippen molar-refractivity contribution in [3.63, 3.8) is 0 Å². The largest absolute Gasteiger partial charge is 0.491 e. The van der Waals surface area contributed by atoms with Crippen LogP contribution in [0.5, 0.6) is 5.75 Å². The number of rotatable bonds is 6. The molecule has 0 aliphatic carbocycles. The fraction of sp³-hybridized carbons (Fsp3) is 0.391. The van der Waals surface area contributed by atoms with E-state index in [1.54, 1.807) is 13.0 Å².